The number of carbonyl (C=O) groups excluding carboxylic acids is 1. The van der Waals surface area contributed by atoms with Gasteiger partial charge in [0.15, 0.2) is 11.5 Å². The molecule has 202 valence electrons. The van der Waals surface area contributed by atoms with Crippen LogP contribution in [0.15, 0.2) is 36.7 Å². The Hall–Kier alpha value is -3.17. The highest BCUT2D eigenvalue weighted by molar-refractivity contribution is 6.31. The third-order valence-electron chi connectivity index (χ3n) is 7.32. The Balaban J connectivity index is 1.23. The average molecular weight is 542 g/mol. The molecular formula is C28H33ClFN5O3. The quantitative estimate of drug-likeness (QED) is 0.391. The van der Waals surface area contributed by atoms with Crippen LogP contribution in [0.25, 0.3) is 10.9 Å². The van der Waals surface area contributed by atoms with Gasteiger partial charge in [0, 0.05) is 36.3 Å². The molecule has 1 saturated carbocycles. The zero-order valence-corrected chi connectivity index (χ0v) is 22.3. The molecule has 0 radical (unpaired) electrons. The number of hydrogen-bond acceptors (Lipinski definition) is 7. The number of piperidine rings is 1. The highest BCUT2D eigenvalue weighted by Crippen LogP contribution is 2.37. The predicted molar refractivity (Wildman–Crippen MR) is 146 cm³/mol. The van der Waals surface area contributed by atoms with Gasteiger partial charge < -0.3 is 25.0 Å². The number of rotatable bonds is 8. The van der Waals surface area contributed by atoms with Crippen molar-refractivity contribution in [1.82, 2.24) is 20.2 Å². The van der Waals surface area contributed by atoms with Crippen LogP contribution in [-0.2, 0) is 4.79 Å². The van der Waals surface area contributed by atoms with Crippen molar-refractivity contribution in [2.75, 3.05) is 32.1 Å². The molecule has 2 heterocycles. The number of hydrogen-bond donors (Lipinski definition) is 2. The summed E-state index contributed by atoms with van der Waals surface area (Å²) < 4.78 is 25.6. The van der Waals surface area contributed by atoms with Crippen molar-refractivity contribution >= 4 is 39.9 Å². The van der Waals surface area contributed by atoms with Crippen LogP contribution >= 0.6 is 11.6 Å². The molecule has 2 aliphatic rings. The van der Waals surface area contributed by atoms with E-state index in [1.807, 2.05) is 17.0 Å². The fraction of sp³-hybridized carbons (Fsp3) is 0.464. The Morgan fingerprint density at radius 1 is 1.08 bits per heavy atom. The first-order valence-corrected chi connectivity index (χ1v) is 13.6. The fourth-order valence-electron chi connectivity index (χ4n) is 5.18. The van der Waals surface area contributed by atoms with E-state index in [0.29, 0.717) is 41.1 Å². The number of nitrogens with zero attached hydrogens (tertiary/aromatic N) is 3. The summed E-state index contributed by atoms with van der Waals surface area (Å²) in [6, 6.07) is 8.44. The predicted octanol–water partition coefficient (Wildman–Crippen LogP) is 5.47. The molecule has 0 bridgehead atoms. The highest BCUT2D eigenvalue weighted by atomic mass is 35.5. The molecule has 1 saturated heterocycles. The summed E-state index contributed by atoms with van der Waals surface area (Å²) in [5.74, 6) is 1.49. The van der Waals surface area contributed by atoms with Crippen molar-refractivity contribution in [3.8, 4) is 11.5 Å². The number of nitrogens with one attached hydrogen (secondary N) is 2. The molecule has 8 nitrogen and oxygen atoms in total. The Bertz CT molecular complexity index is 1280. The van der Waals surface area contributed by atoms with Crippen molar-refractivity contribution in [3.05, 3.63) is 47.5 Å². The van der Waals surface area contributed by atoms with Crippen LogP contribution in [0.5, 0.6) is 11.5 Å². The van der Waals surface area contributed by atoms with Crippen LogP contribution in [0.4, 0.5) is 15.9 Å². The van der Waals surface area contributed by atoms with Crippen LogP contribution in [0.3, 0.4) is 0 Å². The SMILES string of the molecule is COc1cc2ncnc(Nc3ccc(F)c(Cl)c3)c2cc1OC1CCC(NCC(=O)N2CCCCC2)CC1. The lowest BCUT2D eigenvalue weighted by atomic mass is 9.93. The molecule has 0 spiro atoms. The molecule has 1 amide bonds. The summed E-state index contributed by atoms with van der Waals surface area (Å²) in [5, 5.41) is 7.43. The monoisotopic (exact) mass is 541 g/mol. The first kappa shape index (κ1) is 26.4. The molecule has 1 aliphatic carbocycles. The van der Waals surface area contributed by atoms with Gasteiger partial charge in [0.2, 0.25) is 5.91 Å². The van der Waals surface area contributed by atoms with Crippen LogP contribution in [-0.4, -0.2) is 59.7 Å². The molecule has 0 unspecified atom stereocenters. The largest absolute Gasteiger partial charge is 0.493 e. The molecule has 2 aromatic carbocycles. The Kier molecular flexibility index (Phi) is 8.44. The number of amides is 1. The summed E-state index contributed by atoms with van der Waals surface area (Å²) in [5.41, 5.74) is 1.30. The lowest BCUT2D eigenvalue weighted by Crippen LogP contribution is -2.45. The summed E-state index contributed by atoms with van der Waals surface area (Å²) in [7, 11) is 1.61. The zero-order chi connectivity index (χ0) is 26.5. The Labute approximate surface area is 226 Å². The lowest BCUT2D eigenvalue weighted by Gasteiger charge is -2.31. The lowest BCUT2D eigenvalue weighted by molar-refractivity contribution is -0.131. The van der Waals surface area contributed by atoms with Gasteiger partial charge in [-0.25, -0.2) is 14.4 Å². The first-order chi connectivity index (χ1) is 18.5. The minimum absolute atomic E-state index is 0.0278. The van der Waals surface area contributed by atoms with E-state index in [0.717, 1.165) is 57.0 Å². The maximum Gasteiger partial charge on any atom is 0.236 e. The minimum Gasteiger partial charge on any atom is -0.493 e. The second-order valence-electron chi connectivity index (χ2n) is 9.91. The molecule has 0 atom stereocenters. The molecule has 2 fully saturated rings. The van der Waals surface area contributed by atoms with Crippen molar-refractivity contribution < 1.29 is 18.7 Å². The molecule has 3 aromatic rings. The normalized spacial score (nSPS) is 19.8. The standard InChI is InChI=1S/C28H33ClFN5O3/c1-37-25-15-24-21(28(33-17-32-24)34-19-7-10-23(30)22(29)13-19)14-26(25)38-20-8-5-18(6-9-20)31-16-27(36)35-11-3-2-4-12-35/h7,10,13-15,17-18,20,31H,2-6,8-9,11-12,16H2,1H3,(H,32,33,34). The summed E-state index contributed by atoms with van der Waals surface area (Å²) in [6.07, 6.45) is 8.56. The second-order valence-corrected chi connectivity index (χ2v) is 10.3. The number of anilines is 2. The smallest absolute Gasteiger partial charge is 0.236 e. The number of fused-ring (bicyclic) bond motifs is 1. The Morgan fingerprint density at radius 3 is 2.61 bits per heavy atom. The van der Waals surface area contributed by atoms with E-state index in [4.69, 9.17) is 21.1 Å². The van der Waals surface area contributed by atoms with Gasteiger partial charge in [0.05, 0.1) is 30.3 Å². The fourth-order valence-corrected chi connectivity index (χ4v) is 5.36. The topological polar surface area (TPSA) is 88.6 Å². The first-order valence-electron chi connectivity index (χ1n) is 13.2. The van der Waals surface area contributed by atoms with E-state index >= 15 is 0 Å². The number of halogens is 2. The molecule has 5 rings (SSSR count). The van der Waals surface area contributed by atoms with E-state index in [1.54, 1.807) is 13.2 Å². The van der Waals surface area contributed by atoms with E-state index in [2.05, 4.69) is 20.6 Å². The number of ether oxygens (including phenoxy) is 2. The van der Waals surface area contributed by atoms with Gasteiger partial charge >= 0.3 is 0 Å². The van der Waals surface area contributed by atoms with Crippen LogP contribution < -0.4 is 20.1 Å². The molecule has 2 N–H and O–H groups in total. The number of likely N-dealkylation sites (tertiary alicyclic amines) is 1. The van der Waals surface area contributed by atoms with E-state index in [9.17, 15) is 9.18 Å². The molecule has 38 heavy (non-hydrogen) atoms. The van der Waals surface area contributed by atoms with Crippen molar-refractivity contribution in [3.63, 3.8) is 0 Å². The third-order valence-corrected chi connectivity index (χ3v) is 7.61. The van der Waals surface area contributed by atoms with Gasteiger partial charge in [-0.15, -0.1) is 0 Å². The number of benzene rings is 2. The molecule has 10 heteroatoms. The third kappa shape index (κ3) is 6.27. The summed E-state index contributed by atoms with van der Waals surface area (Å²) in [6.45, 7) is 2.17. The number of carbonyl (C=O) groups is 1. The number of methoxy groups -OCH3 is 1. The van der Waals surface area contributed by atoms with Crippen LogP contribution in [0.1, 0.15) is 44.9 Å². The number of aromatic nitrogens is 2. The Morgan fingerprint density at radius 2 is 1.87 bits per heavy atom. The maximum absolute atomic E-state index is 13.6. The van der Waals surface area contributed by atoms with Gasteiger partial charge in [-0.3, -0.25) is 4.79 Å². The molecule has 1 aromatic heterocycles. The van der Waals surface area contributed by atoms with Gasteiger partial charge in [0.25, 0.3) is 0 Å². The van der Waals surface area contributed by atoms with E-state index in [-0.39, 0.29) is 17.0 Å². The van der Waals surface area contributed by atoms with Gasteiger partial charge in [-0.05, 0) is 69.2 Å². The van der Waals surface area contributed by atoms with Crippen molar-refractivity contribution in [1.29, 1.82) is 0 Å². The van der Waals surface area contributed by atoms with Gasteiger partial charge in [0.1, 0.15) is 18.0 Å². The van der Waals surface area contributed by atoms with Crippen LogP contribution in [0.2, 0.25) is 5.02 Å². The minimum atomic E-state index is -0.483. The second kappa shape index (κ2) is 12.1. The highest BCUT2D eigenvalue weighted by Gasteiger charge is 2.25. The molecule has 1 aliphatic heterocycles. The summed E-state index contributed by atoms with van der Waals surface area (Å²) >= 11 is 5.94. The van der Waals surface area contributed by atoms with Gasteiger partial charge in [-0.2, -0.15) is 0 Å². The van der Waals surface area contributed by atoms with Crippen molar-refractivity contribution in [2.24, 2.45) is 0 Å². The summed E-state index contributed by atoms with van der Waals surface area (Å²) in [4.78, 5) is 23.2. The van der Waals surface area contributed by atoms with E-state index in [1.165, 1.54) is 24.9 Å². The zero-order valence-electron chi connectivity index (χ0n) is 21.5. The van der Waals surface area contributed by atoms with Crippen molar-refractivity contribution in [2.45, 2.75) is 57.1 Å². The maximum atomic E-state index is 13.6. The van der Waals surface area contributed by atoms with Gasteiger partial charge in [-0.1, -0.05) is 11.6 Å². The molecular weight excluding hydrogens is 509 g/mol. The average Bonchev–Trinajstić information content (AvgIpc) is 2.95. The van der Waals surface area contributed by atoms with E-state index < -0.39 is 5.82 Å². The van der Waals surface area contributed by atoms with Crippen LogP contribution in [0, 0.1) is 5.82 Å².